The molecule has 5 heteroatoms. The molecule has 0 aliphatic carbocycles. The minimum atomic E-state index is 0. The topological polar surface area (TPSA) is 39.5 Å². The number of hydrogen-bond donors (Lipinski definition) is 0. The fraction of sp³-hybridized carbons (Fsp3) is 0.812. The number of aromatic nitrogens is 2. The summed E-state index contributed by atoms with van der Waals surface area (Å²) in [6.07, 6.45) is 5.96. The summed E-state index contributed by atoms with van der Waals surface area (Å²) in [5.41, 5.74) is 1.33. The van der Waals surface area contributed by atoms with Crippen molar-refractivity contribution in [2.45, 2.75) is 46.1 Å². The molecule has 3 heterocycles. The SMILES string of the molecule is C.c1c(OCCCCN2CCOCC2)nn2c1CCCC2. The quantitative estimate of drug-likeness (QED) is 0.755. The molecule has 0 spiro atoms. The Bertz CT molecular complexity index is 390. The summed E-state index contributed by atoms with van der Waals surface area (Å²) < 4.78 is 13.2. The molecule has 120 valence electrons. The number of morpholine rings is 1. The van der Waals surface area contributed by atoms with Crippen LogP contribution in [0.2, 0.25) is 0 Å². The van der Waals surface area contributed by atoms with E-state index in [-0.39, 0.29) is 7.43 Å². The second-order valence-electron chi connectivity index (χ2n) is 5.66. The van der Waals surface area contributed by atoms with Crippen LogP contribution in [0.15, 0.2) is 6.07 Å². The highest BCUT2D eigenvalue weighted by Gasteiger charge is 2.13. The van der Waals surface area contributed by atoms with Crippen molar-refractivity contribution in [1.82, 2.24) is 14.7 Å². The van der Waals surface area contributed by atoms with E-state index >= 15 is 0 Å². The van der Waals surface area contributed by atoms with Crippen molar-refractivity contribution < 1.29 is 9.47 Å². The number of aryl methyl sites for hydroxylation is 2. The Kier molecular flexibility index (Phi) is 6.51. The van der Waals surface area contributed by atoms with E-state index < -0.39 is 0 Å². The van der Waals surface area contributed by atoms with Gasteiger partial charge in [0.2, 0.25) is 5.88 Å². The van der Waals surface area contributed by atoms with E-state index in [1.807, 2.05) is 0 Å². The second kappa shape index (κ2) is 8.39. The molecule has 0 radical (unpaired) electrons. The van der Waals surface area contributed by atoms with Crippen LogP contribution < -0.4 is 4.74 Å². The normalized spacial score (nSPS) is 18.9. The predicted octanol–water partition coefficient (Wildman–Crippen LogP) is 2.35. The molecule has 0 unspecified atom stereocenters. The summed E-state index contributed by atoms with van der Waals surface area (Å²) in [5, 5.41) is 4.51. The first-order valence-electron chi connectivity index (χ1n) is 7.91. The lowest BCUT2D eigenvalue weighted by molar-refractivity contribution is 0.0367. The molecule has 21 heavy (non-hydrogen) atoms. The van der Waals surface area contributed by atoms with Crippen LogP contribution in [0.25, 0.3) is 0 Å². The van der Waals surface area contributed by atoms with Crippen LogP contribution >= 0.6 is 0 Å². The molecule has 2 aliphatic heterocycles. The zero-order valence-electron chi connectivity index (χ0n) is 12.2. The van der Waals surface area contributed by atoms with Crippen LogP contribution in [-0.4, -0.2) is 54.1 Å². The third kappa shape index (κ3) is 4.71. The van der Waals surface area contributed by atoms with Crippen LogP contribution in [-0.2, 0) is 17.7 Å². The Balaban J connectivity index is 0.00000161. The monoisotopic (exact) mass is 295 g/mol. The van der Waals surface area contributed by atoms with E-state index in [0.29, 0.717) is 0 Å². The van der Waals surface area contributed by atoms with Crippen LogP contribution in [0.5, 0.6) is 5.88 Å². The molecule has 1 fully saturated rings. The Morgan fingerprint density at radius 1 is 1.14 bits per heavy atom. The second-order valence-corrected chi connectivity index (χ2v) is 5.66. The summed E-state index contributed by atoms with van der Waals surface area (Å²) >= 11 is 0. The minimum Gasteiger partial charge on any atom is -0.477 e. The number of ether oxygens (including phenoxy) is 2. The number of hydrogen-bond acceptors (Lipinski definition) is 4. The number of nitrogens with zero attached hydrogens (tertiary/aromatic N) is 3. The molecule has 3 rings (SSSR count). The van der Waals surface area contributed by atoms with Crippen molar-refractivity contribution in [3.8, 4) is 5.88 Å². The lowest BCUT2D eigenvalue weighted by atomic mass is 10.1. The van der Waals surface area contributed by atoms with Crippen molar-refractivity contribution in [1.29, 1.82) is 0 Å². The van der Waals surface area contributed by atoms with E-state index in [4.69, 9.17) is 9.47 Å². The van der Waals surface area contributed by atoms with E-state index in [1.54, 1.807) is 0 Å². The van der Waals surface area contributed by atoms with Crippen LogP contribution in [0.3, 0.4) is 0 Å². The minimum absolute atomic E-state index is 0. The molecule has 0 atom stereocenters. The largest absolute Gasteiger partial charge is 0.477 e. The van der Waals surface area contributed by atoms with Gasteiger partial charge in [0.15, 0.2) is 0 Å². The molecule has 0 amide bonds. The van der Waals surface area contributed by atoms with Crippen molar-refractivity contribution >= 4 is 0 Å². The van der Waals surface area contributed by atoms with Crippen molar-refractivity contribution in [2.75, 3.05) is 39.5 Å². The smallest absolute Gasteiger partial charge is 0.232 e. The van der Waals surface area contributed by atoms with E-state index in [2.05, 4.69) is 20.7 Å². The fourth-order valence-corrected chi connectivity index (χ4v) is 2.90. The van der Waals surface area contributed by atoms with E-state index in [1.165, 1.54) is 25.0 Å². The molecule has 0 bridgehead atoms. The highest BCUT2D eigenvalue weighted by Crippen LogP contribution is 2.19. The van der Waals surface area contributed by atoms with Gasteiger partial charge in [-0.25, -0.2) is 0 Å². The molecular weight excluding hydrogens is 266 g/mol. The summed E-state index contributed by atoms with van der Waals surface area (Å²) in [6.45, 7) is 6.92. The lowest BCUT2D eigenvalue weighted by Crippen LogP contribution is -2.36. The molecular formula is C16H29N3O2. The van der Waals surface area contributed by atoms with Crippen molar-refractivity contribution in [3.05, 3.63) is 11.8 Å². The van der Waals surface area contributed by atoms with Gasteiger partial charge in [0, 0.05) is 31.4 Å². The van der Waals surface area contributed by atoms with Gasteiger partial charge < -0.3 is 9.47 Å². The van der Waals surface area contributed by atoms with Gasteiger partial charge in [0.25, 0.3) is 0 Å². The lowest BCUT2D eigenvalue weighted by Gasteiger charge is -2.26. The molecule has 5 nitrogen and oxygen atoms in total. The van der Waals surface area contributed by atoms with Gasteiger partial charge in [-0.15, -0.1) is 5.10 Å². The molecule has 0 N–H and O–H groups in total. The third-order valence-electron chi connectivity index (χ3n) is 4.12. The first-order valence-corrected chi connectivity index (χ1v) is 7.91. The first-order chi connectivity index (χ1) is 9.92. The molecule has 1 aromatic heterocycles. The zero-order valence-corrected chi connectivity index (χ0v) is 12.2. The van der Waals surface area contributed by atoms with Crippen LogP contribution in [0.1, 0.15) is 38.8 Å². The van der Waals surface area contributed by atoms with Crippen LogP contribution in [0.4, 0.5) is 0 Å². The first kappa shape index (κ1) is 16.3. The predicted molar refractivity (Wildman–Crippen MR) is 83.9 cm³/mol. The Morgan fingerprint density at radius 2 is 2.00 bits per heavy atom. The van der Waals surface area contributed by atoms with Gasteiger partial charge >= 0.3 is 0 Å². The molecule has 2 aliphatic rings. The van der Waals surface area contributed by atoms with Gasteiger partial charge in [-0.3, -0.25) is 9.58 Å². The molecule has 0 saturated carbocycles. The number of unbranched alkanes of at least 4 members (excludes halogenated alkanes) is 1. The number of rotatable bonds is 6. The van der Waals surface area contributed by atoms with Crippen molar-refractivity contribution in [3.63, 3.8) is 0 Å². The van der Waals surface area contributed by atoms with Gasteiger partial charge in [-0.2, -0.15) is 0 Å². The Morgan fingerprint density at radius 3 is 2.81 bits per heavy atom. The average molecular weight is 295 g/mol. The maximum absolute atomic E-state index is 5.77. The van der Waals surface area contributed by atoms with Gasteiger partial charge in [-0.1, -0.05) is 7.43 Å². The number of fused-ring (bicyclic) bond motifs is 1. The van der Waals surface area contributed by atoms with E-state index in [0.717, 1.165) is 64.7 Å². The summed E-state index contributed by atoms with van der Waals surface area (Å²) in [4.78, 5) is 2.47. The van der Waals surface area contributed by atoms with Crippen LogP contribution in [0, 0.1) is 0 Å². The molecule has 0 aromatic carbocycles. The highest BCUT2D eigenvalue weighted by atomic mass is 16.5. The summed E-state index contributed by atoms with van der Waals surface area (Å²) in [5.74, 6) is 0.813. The Hall–Kier alpha value is -1.07. The maximum Gasteiger partial charge on any atom is 0.232 e. The fourth-order valence-electron chi connectivity index (χ4n) is 2.90. The standard InChI is InChI=1S/C15H25N3O2.CH4/c1-2-7-18-14(5-1)13-15(16-18)20-10-4-3-6-17-8-11-19-12-9-17;/h13H,1-12H2;1H4. The van der Waals surface area contributed by atoms with Gasteiger partial charge in [-0.05, 0) is 38.6 Å². The zero-order chi connectivity index (χ0) is 13.6. The Labute approximate surface area is 128 Å². The molecule has 1 aromatic rings. The van der Waals surface area contributed by atoms with Crippen molar-refractivity contribution in [2.24, 2.45) is 0 Å². The van der Waals surface area contributed by atoms with Gasteiger partial charge in [0.05, 0.1) is 19.8 Å². The highest BCUT2D eigenvalue weighted by molar-refractivity contribution is 5.16. The summed E-state index contributed by atoms with van der Waals surface area (Å²) in [6, 6.07) is 2.11. The van der Waals surface area contributed by atoms with E-state index in [9.17, 15) is 0 Å². The third-order valence-corrected chi connectivity index (χ3v) is 4.12. The maximum atomic E-state index is 5.77. The summed E-state index contributed by atoms with van der Waals surface area (Å²) in [7, 11) is 0. The van der Waals surface area contributed by atoms with Gasteiger partial charge in [0.1, 0.15) is 0 Å². The molecule has 1 saturated heterocycles. The average Bonchev–Trinajstić information content (AvgIpc) is 2.90.